The van der Waals surface area contributed by atoms with Crippen LogP contribution in [-0.4, -0.2) is 21.8 Å². The molecule has 1 aromatic heterocycles. The van der Waals surface area contributed by atoms with Gasteiger partial charge in [-0.25, -0.2) is 4.79 Å². The standard InChI is InChI=1S/C12H9ClN2O3/c13-7-2-1-3-8(14)10(7)11(16)6-4-9(12(17)18)15-5-6/h1-5,15H,14H2,(H,17,18). The van der Waals surface area contributed by atoms with Gasteiger partial charge in [-0.3, -0.25) is 4.79 Å². The number of anilines is 1. The van der Waals surface area contributed by atoms with Gasteiger partial charge < -0.3 is 15.8 Å². The van der Waals surface area contributed by atoms with Crippen molar-refractivity contribution in [2.75, 3.05) is 5.73 Å². The summed E-state index contributed by atoms with van der Waals surface area (Å²) < 4.78 is 0. The van der Waals surface area contributed by atoms with Crippen LogP contribution in [0.5, 0.6) is 0 Å². The molecule has 1 heterocycles. The predicted molar refractivity (Wildman–Crippen MR) is 67.0 cm³/mol. The molecular weight excluding hydrogens is 256 g/mol. The van der Waals surface area contributed by atoms with Gasteiger partial charge in [0.15, 0.2) is 5.78 Å². The van der Waals surface area contributed by atoms with Crippen molar-refractivity contribution in [3.05, 3.63) is 52.3 Å². The van der Waals surface area contributed by atoms with Crippen molar-refractivity contribution in [3.8, 4) is 0 Å². The van der Waals surface area contributed by atoms with E-state index in [2.05, 4.69) is 4.98 Å². The molecule has 0 amide bonds. The molecule has 0 spiro atoms. The number of carboxylic acids is 1. The molecule has 0 aliphatic heterocycles. The van der Waals surface area contributed by atoms with Crippen LogP contribution in [0, 0.1) is 0 Å². The second-order valence-corrected chi connectivity index (χ2v) is 4.05. The molecule has 2 aromatic rings. The van der Waals surface area contributed by atoms with Crippen LogP contribution in [0.4, 0.5) is 5.69 Å². The Morgan fingerprint density at radius 2 is 2.06 bits per heavy atom. The number of rotatable bonds is 3. The zero-order valence-corrected chi connectivity index (χ0v) is 9.86. The van der Waals surface area contributed by atoms with Crippen molar-refractivity contribution in [2.45, 2.75) is 0 Å². The van der Waals surface area contributed by atoms with Crippen LogP contribution in [0.3, 0.4) is 0 Å². The lowest BCUT2D eigenvalue weighted by atomic mass is 10.0. The number of halogens is 1. The van der Waals surface area contributed by atoms with Crippen molar-refractivity contribution >= 4 is 29.0 Å². The molecular formula is C12H9ClN2O3. The Kier molecular flexibility index (Phi) is 3.08. The number of aromatic nitrogens is 1. The fraction of sp³-hybridized carbons (Fsp3) is 0. The first-order valence-corrected chi connectivity index (χ1v) is 5.39. The van der Waals surface area contributed by atoms with Crippen molar-refractivity contribution in [3.63, 3.8) is 0 Å². The van der Waals surface area contributed by atoms with Gasteiger partial charge in [0.05, 0.1) is 10.6 Å². The van der Waals surface area contributed by atoms with E-state index < -0.39 is 11.8 Å². The van der Waals surface area contributed by atoms with Crippen LogP contribution < -0.4 is 5.73 Å². The number of aromatic amines is 1. The van der Waals surface area contributed by atoms with Gasteiger partial charge >= 0.3 is 5.97 Å². The van der Waals surface area contributed by atoms with Crippen molar-refractivity contribution in [1.82, 2.24) is 4.98 Å². The summed E-state index contributed by atoms with van der Waals surface area (Å²) in [7, 11) is 0. The molecule has 0 radical (unpaired) electrons. The maximum Gasteiger partial charge on any atom is 0.352 e. The SMILES string of the molecule is Nc1cccc(Cl)c1C(=O)c1c[nH]c(C(=O)O)c1. The number of carbonyl (C=O) groups excluding carboxylic acids is 1. The van der Waals surface area contributed by atoms with Crippen LogP contribution in [0.25, 0.3) is 0 Å². The van der Waals surface area contributed by atoms with E-state index >= 15 is 0 Å². The molecule has 0 aliphatic rings. The summed E-state index contributed by atoms with van der Waals surface area (Å²) in [5.41, 5.74) is 6.26. The largest absolute Gasteiger partial charge is 0.477 e. The number of carboxylic acid groups (broad SMARTS) is 1. The molecule has 1 aromatic carbocycles. The first kappa shape index (κ1) is 12.2. The van der Waals surface area contributed by atoms with E-state index in [9.17, 15) is 9.59 Å². The Labute approximate surface area is 107 Å². The second-order valence-electron chi connectivity index (χ2n) is 3.64. The maximum absolute atomic E-state index is 12.1. The zero-order valence-electron chi connectivity index (χ0n) is 9.11. The lowest BCUT2D eigenvalue weighted by Gasteiger charge is -2.05. The minimum absolute atomic E-state index is 0.0658. The molecule has 0 bridgehead atoms. The Bertz CT molecular complexity index is 614. The summed E-state index contributed by atoms with van der Waals surface area (Å²) in [4.78, 5) is 25.4. The molecule has 0 aliphatic carbocycles. The summed E-state index contributed by atoms with van der Waals surface area (Å²) in [5.74, 6) is -1.55. The van der Waals surface area contributed by atoms with E-state index in [1.165, 1.54) is 12.3 Å². The van der Waals surface area contributed by atoms with E-state index in [1.807, 2.05) is 0 Å². The van der Waals surface area contributed by atoms with Gasteiger partial charge in [-0.15, -0.1) is 0 Å². The highest BCUT2D eigenvalue weighted by molar-refractivity contribution is 6.35. The maximum atomic E-state index is 12.1. The van der Waals surface area contributed by atoms with E-state index in [1.54, 1.807) is 18.2 Å². The number of hydrogen-bond donors (Lipinski definition) is 3. The van der Waals surface area contributed by atoms with Crippen LogP contribution in [0.1, 0.15) is 26.4 Å². The monoisotopic (exact) mass is 264 g/mol. The lowest BCUT2D eigenvalue weighted by molar-refractivity contribution is 0.0691. The fourth-order valence-corrected chi connectivity index (χ4v) is 1.84. The highest BCUT2D eigenvalue weighted by Crippen LogP contribution is 2.25. The Balaban J connectivity index is 2.45. The van der Waals surface area contributed by atoms with E-state index in [0.717, 1.165) is 0 Å². The summed E-state index contributed by atoms with van der Waals surface area (Å²) in [6, 6.07) is 5.99. The molecule has 18 heavy (non-hydrogen) atoms. The van der Waals surface area contributed by atoms with Crippen molar-refractivity contribution in [1.29, 1.82) is 0 Å². The Hall–Kier alpha value is -2.27. The van der Waals surface area contributed by atoms with E-state index in [-0.39, 0.29) is 27.5 Å². The molecule has 0 unspecified atom stereocenters. The molecule has 0 saturated heterocycles. The number of nitrogens with one attached hydrogen (secondary N) is 1. The van der Waals surface area contributed by atoms with Gasteiger partial charge in [-0.1, -0.05) is 17.7 Å². The number of nitrogen functional groups attached to an aromatic ring is 1. The minimum atomic E-state index is -1.14. The number of H-pyrrole nitrogens is 1. The highest BCUT2D eigenvalue weighted by Gasteiger charge is 2.18. The molecule has 92 valence electrons. The first-order chi connectivity index (χ1) is 8.50. The zero-order chi connectivity index (χ0) is 13.3. The van der Waals surface area contributed by atoms with Gasteiger partial charge in [-0.2, -0.15) is 0 Å². The molecule has 0 fully saturated rings. The second kappa shape index (κ2) is 4.54. The molecule has 0 atom stereocenters. The molecule has 5 nitrogen and oxygen atoms in total. The van der Waals surface area contributed by atoms with E-state index in [4.69, 9.17) is 22.4 Å². The van der Waals surface area contributed by atoms with Gasteiger partial charge in [-0.05, 0) is 18.2 Å². The first-order valence-electron chi connectivity index (χ1n) is 5.01. The van der Waals surface area contributed by atoms with Crippen LogP contribution in [0.2, 0.25) is 5.02 Å². The quantitative estimate of drug-likeness (QED) is 0.585. The number of ketones is 1. The average molecular weight is 265 g/mol. The molecule has 4 N–H and O–H groups in total. The van der Waals surface area contributed by atoms with Crippen molar-refractivity contribution in [2.24, 2.45) is 0 Å². The Morgan fingerprint density at radius 3 is 2.61 bits per heavy atom. The van der Waals surface area contributed by atoms with Gasteiger partial charge in [0, 0.05) is 17.4 Å². The van der Waals surface area contributed by atoms with Crippen LogP contribution in [0.15, 0.2) is 30.5 Å². The number of benzene rings is 1. The third-order valence-corrected chi connectivity index (χ3v) is 2.76. The summed E-state index contributed by atoms with van der Waals surface area (Å²) >= 11 is 5.92. The average Bonchev–Trinajstić information content (AvgIpc) is 2.77. The normalized spacial score (nSPS) is 10.3. The third kappa shape index (κ3) is 2.08. The van der Waals surface area contributed by atoms with Crippen LogP contribution in [-0.2, 0) is 0 Å². The van der Waals surface area contributed by atoms with Gasteiger partial charge in [0.2, 0.25) is 0 Å². The van der Waals surface area contributed by atoms with Crippen molar-refractivity contribution < 1.29 is 14.7 Å². The summed E-state index contributed by atoms with van der Waals surface area (Å²) in [5, 5.41) is 9.00. The highest BCUT2D eigenvalue weighted by atomic mass is 35.5. The smallest absolute Gasteiger partial charge is 0.352 e. The summed E-state index contributed by atoms with van der Waals surface area (Å²) in [6.07, 6.45) is 1.31. The number of nitrogens with two attached hydrogens (primary N) is 1. The molecule has 6 heteroatoms. The van der Waals surface area contributed by atoms with E-state index in [0.29, 0.717) is 0 Å². The van der Waals surface area contributed by atoms with Crippen LogP contribution >= 0.6 is 11.6 Å². The third-order valence-electron chi connectivity index (χ3n) is 2.45. The number of hydrogen-bond acceptors (Lipinski definition) is 3. The number of aromatic carboxylic acids is 1. The minimum Gasteiger partial charge on any atom is -0.477 e. The molecule has 0 saturated carbocycles. The topological polar surface area (TPSA) is 96.2 Å². The lowest BCUT2D eigenvalue weighted by Crippen LogP contribution is -2.05. The number of carbonyl (C=O) groups is 2. The molecule has 2 rings (SSSR count). The van der Waals surface area contributed by atoms with Gasteiger partial charge in [0.1, 0.15) is 5.69 Å². The fourth-order valence-electron chi connectivity index (χ4n) is 1.57. The predicted octanol–water partition coefficient (Wildman–Crippen LogP) is 2.18. The van der Waals surface area contributed by atoms with Gasteiger partial charge in [0.25, 0.3) is 0 Å². The summed E-state index contributed by atoms with van der Waals surface area (Å²) in [6.45, 7) is 0. The Morgan fingerprint density at radius 1 is 1.33 bits per heavy atom.